The van der Waals surface area contributed by atoms with E-state index in [0.717, 1.165) is 12.3 Å². The molecular weight excluding hydrogens is 291 g/mol. The first kappa shape index (κ1) is 13.9. The number of anilines is 1. The zero-order valence-corrected chi connectivity index (χ0v) is 10.9. The third-order valence-electron chi connectivity index (χ3n) is 2.26. The van der Waals surface area contributed by atoms with Crippen LogP contribution in [0.5, 0.6) is 11.6 Å². The second-order valence-corrected chi connectivity index (χ2v) is 3.98. The maximum Gasteiger partial charge on any atom is 0.349 e. The highest BCUT2D eigenvalue weighted by molar-refractivity contribution is 6.30. The van der Waals surface area contributed by atoms with Crippen molar-refractivity contribution < 1.29 is 14.1 Å². The van der Waals surface area contributed by atoms with Crippen molar-refractivity contribution in [3.05, 3.63) is 45.4 Å². The van der Waals surface area contributed by atoms with Crippen molar-refractivity contribution in [2.45, 2.75) is 0 Å². The summed E-state index contributed by atoms with van der Waals surface area (Å²) in [5.41, 5.74) is -0.431. The van der Waals surface area contributed by atoms with Crippen LogP contribution in [0, 0.1) is 15.9 Å². The second-order valence-electron chi connectivity index (χ2n) is 3.57. The van der Waals surface area contributed by atoms with E-state index in [-0.39, 0.29) is 22.6 Å². The lowest BCUT2D eigenvalue weighted by Crippen LogP contribution is -2.02. The maximum absolute atomic E-state index is 13.3. The lowest BCUT2D eigenvalue weighted by atomic mass is 10.3. The zero-order valence-electron chi connectivity index (χ0n) is 10.1. The molecule has 1 aromatic carbocycles. The maximum atomic E-state index is 13.3. The summed E-state index contributed by atoms with van der Waals surface area (Å²) in [5.74, 6) is -0.818. The Kier molecular flexibility index (Phi) is 3.94. The van der Waals surface area contributed by atoms with Gasteiger partial charge in [0.25, 0.3) is 0 Å². The lowest BCUT2D eigenvalue weighted by Gasteiger charge is -2.07. The highest BCUT2D eigenvalue weighted by Gasteiger charge is 2.19. The number of nitrogens with zero attached hydrogens (tertiary/aromatic N) is 3. The molecule has 0 unspecified atom stereocenters. The summed E-state index contributed by atoms with van der Waals surface area (Å²) in [6.45, 7) is 0. The molecule has 20 heavy (non-hydrogen) atoms. The van der Waals surface area contributed by atoms with Crippen molar-refractivity contribution in [3.8, 4) is 11.6 Å². The fraction of sp³-hybridized carbons (Fsp3) is 0.0909. The molecule has 0 saturated heterocycles. The molecule has 0 aliphatic rings. The normalized spacial score (nSPS) is 10.2. The Bertz CT molecular complexity index is 668. The van der Waals surface area contributed by atoms with Crippen LogP contribution in [0.1, 0.15) is 0 Å². The van der Waals surface area contributed by atoms with Gasteiger partial charge in [0.1, 0.15) is 17.8 Å². The molecule has 0 aliphatic heterocycles. The van der Waals surface area contributed by atoms with Gasteiger partial charge in [-0.25, -0.2) is 9.37 Å². The number of ether oxygens (including phenoxy) is 1. The van der Waals surface area contributed by atoms with Gasteiger partial charge >= 0.3 is 11.6 Å². The molecular formula is C11H8ClFN4O3. The minimum atomic E-state index is -0.699. The van der Waals surface area contributed by atoms with Crippen molar-refractivity contribution >= 4 is 23.2 Å². The molecule has 2 rings (SSSR count). The van der Waals surface area contributed by atoms with Crippen molar-refractivity contribution in [3.63, 3.8) is 0 Å². The van der Waals surface area contributed by atoms with Gasteiger partial charge in [-0.1, -0.05) is 11.6 Å². The summed E-state index contributed by atoms with van der Waals surface area (Å²) in [6.07, 6.45) is 1.00. The predicted octanol–water partition coefficient (Wildman–Crippen LogP) is 3.01. The molecule has 2 aromatic rings. The Morgan fingerprint density at radius 3 is 2.85 bits per heavy atom. The second kappa shape index (κ2) is 5.66. The van der Waals surface area contributed by atoms with Gasteiger partial charge in [-0.2, -0.15) is 4.98 Å². The average molecular weight is 299 g/mol. The first-order valence-electron chi connectivity index (χ1n) is 5.33. The van der Waals surface area contributed by atoms with Gasteiger partial charge in [-0.15, -0.1) is 0 Å². The van der Waals surface area contributed by atoms with Crippen molar-refractivity contribution in [1.29, 1.82) is 0 Å². The van der Waals surface area contributed by atoms with Crippen LogP contribution < -0.4 is 10.1 Å². The minimum absolute atomic E-state index is 0.0377. The lowest BCUT2D eigenvalue weighted by molar-refractivity contribution is -0.386. The van der Waals surface area contributed by atoms with Crippen molar-refractivity contribution in [2.75, 3.05) is 12.4 Å². The van der Waals surface area contributed by atoms with Gasteiger partial charge in [0.05, 0.1) is 9.95 Å². The summed E-state index contributed by atoms with van der Waals surface area (Å²) in [6, 6.07) is 3.65. The van der Waals surface area contributed by atoms with Crippen LogP contribution in [0.4, 0.5) is 16.0 Å². The number of rotatable bonds is 4. The molecule has 104 valence electrons. The van der Waals surface area contributed by atoms with Crippen molar-refractivity contribution in [1.82, 2.24) is 9.97 Å². The number of benzene rings is 1. The molecule has 0 atom stereocenters. The SMILES string of the molecule is CNc1ncc([N+](=O)[O-])c(Oc2ccc(Cl)c(F)c2)n1. The van der Waals surface area contributed by atoms with E-state index in [1.54, 1.807) is 7.05 Å². The fourth-order valence-corrected chi connectivity index (χ4v) is 1.45. The predicted molar refractivity (Wildman–Crippen MR) is 69.7 cm³/mol. The van der Waals surface area contributed by atoms with E-state index in [0.29, 0.717) is 0 Å². The Morgan fingerprint density at radius 2 is 2.25 bits per heavy atom. The van der Waals surface area contributed by atoms with Crippen molar-refractivity contribution in [2.24, 2.45) is 0 Å². The van der Waals surface area contributed by atoms with E-state index in [4.69, 9.17) is 16.3 Å². The Labute approximate surface area is 117 Å². The number of nitrogens with one attached hydrogen (secondary N) is 1. The van der Waals surface area contributed by atoms with Crippen LogP contribution in [-0.2, 0) is 0 Å². The molecule has 0 amide bonds. The van der Waals surface area contributed by atoms with Crippen LogP contribution in [0.2, 0.25) is 5.02 Å². The van der Waals surface area contributed by atoms with Gasteiger partial charge in [0, 0.05) is 13.1 Å². The molecule has 0 radical (unpaired) electrons. The first-order chi connectivity index (χ1) is 9.51. The first-order valence-corrected chi connectivity index (χ1v) is 5.71. The third-order valence-corrected chi connectivity index (χ3v) is 2.57. The summed E-state index contributed by atoms with van der Waals surface area (Å²) in [4.78, 5) is 17.7. The summed E-state index contributed by atoms with van der Waals surface area (Å²) >= 11 is 5.54. The van der Waals surface area contributed by atoms with E-state index in [1.165, 1.54) is 12.1 Å². The molecule has 9 heteroatoms. The summed E-state index contributed by atoms with van der Waals surface area (Å²) < 4.78 is 18.5. The smallest absolute Gasteiger partial charge is 0.349 e. The van der Waals surface area contributed by atoms with E-state index in [1.807, 2.05) is 0 Å². The summed E-state index contributed by atoms with van der Waals surface area (Å²) in [5, 5.41) is 13.4. The molecule has 0 aliphatic carbocycles. The number of hydrogen-bond donors (Lipinski definition) is 1. The zero-order chi connectivity index (χ0) is 14.7. The number of halogens is 2. The van der Waals surface area contributed by atoms with Crippen LogP contribution in [0.3, 0.4) is 0 Å². The third kappa shape index (κ3) is 2.91. The molecule has 1 N–H and O–H groups in total. The standard InChI is InChI=1S/C11H8ClFN4O3/c1-14-11-15-5-9(17(18)19)10(16-11)20-6-2-3-7(12)8(13)4-6/h2-5H,1H3,(H,14,15,16). The quantitative estimate of drug-likeness (QED) is 0.689. The Balaban J connectivity index is 2.40. The monoisotopic (exact) mass is 298 g/mol. The topological polar surface area (TPSA) is 90.2 Å². The van der Waals surface area contributed by atoms with Gasteiger partial charge in [0.2, 0.25) is 5.95 Å². The van der Waals surface area contributed by atoms with E-state index >= 15 is 0 Å². The molecule has 1 aromatic heterocycles. The van der Waals surface area contributed by atoms with E-state index in [9.17, 15) is 14.5 Å². The Hall–Kier alpha value is -2.48. The molecule has 0 fully saturated rings. The van der Waals surface area contributed by atoms with Gasteiger partial charge < -0.3 is 10.1 Å². The highest BCUT2D eigenvalue weighted by atomic mass is 35.5. The largest absolute Gasteiger partial charge is 0.433 e. The van der Waals surface area contributed by atoms with E-state index < -0.39 is 16.4 Å². The van der Waals surface area contributed by atoms with Gasteiger partial charge in [0.15, 0.2) is 0 Å². The summed E-state index contributed by atoms with van der Waals surface area (Å²) in [7, 11) is 1.55. The van der Waals surface area contributed by atoms with Gasteiger partial charge in [-0.05, 0) is 12.1 Å². The fourth-order valence-electron chi connectivity index (χ4n) is 1.33. The van der Waals surface area contributed by atoms with Crippen LogP contribution in [0.25, 0.3) is 0 Å². The number of nitro groups is 1. The van der Waals surface area contributed by atoms with Crippen LogP contribution >= 0.6 is 11.6 Å². The van der Waals surface area contributed by atoms with Crippen LogP contribution in [0.15, 0.2) is 24.4 Å². The number of aromatic nitrogens is 2. The molecule has 0 spiro atoms. The van der Waals surface area contributed by atoms with Gasteiger partial charge in [-0.3, -0.25) is 10.1 Å². The molecule has 1 heterocycles. The van der Waals surface area contributed by atoms with Crippen LogP contribution in [-0.4, -0.2) is 21.9 Å². The Morgan fingerprint density at radius 1 is 1.50 bits per heavy atom. The number of hydrogen-bond acceptors (Lipinski definition) is 6. The average Bonchev–Trinajstić information content (AvgIpc) is 2.42. The highest BCUT2D eigenvalue weighted by Crippen LogP contribution is 2.30. The molecule has 0 saturated carbocycles. The minimum Gasteiger partial charge on any atom is -0.433 e. The van der Waals surface area contributed by atoms with E-state index in [2.05, 4.69) is 15.3 Å². The molecule has 0 bridgehead atoms. The molecule has 7 nitrogen and oxygen atoms in total.